The summed E-state index contributed by atoms with van der Waals surface area (Å²) in [6, 6.07) is 11.7. The van der Waals surface area contributed by atoms with E-state index in [2.05, 4.69) is 10.3 Å². The molecule has 2 aromatic carbocycles. The maximum Gasteiger partial charge on any atom is 0.172 e. The van der Waals surface area contributed by atoms with Crippen LogP contribution in [0.25, 0.3) is 11.1 Å². The van der Waals surface area contributed by atoms with Gasteiger partial charge in [-0.3, -0.25) is 4.98 Å². The van der Waals surface area contributed by atoms with Crippen molar-refractivity contribution in [2.24, 2.45) is 0 Å². The van der Waals surface area contributed by atoms with Crippen molar-refractivity contribution >= 4 is 11.6 Å². The molecule has 29 heavy (non-hydrogen) atoms. The van der Waals surface area contributed by atoms with E-state index in [1.165, 1.54) is 19.4 Å². The SMILES string of the molecule is COc1cccc(-c2cccc(Cc3nccc(CNCCO)c3F)c2Cl)c1F. The first kappa shape index (κ1) is 21.2. The third-order valence-electron chi connectivity index (χ3n) is 4.56. The second-order valence-electron chi connectivity index (χ2n) is 6.41. The van der Waals surface area contributed by atoms with Crippen molar-refractivity contribution in [2.75, 3.05) is 20.3 Å². The lowest BCUT2D eigenvalue weighted by molar-refractivity contribution is 0.291. The monoisotopic (exact) mass is 418 g/mol. The molecule has 0 spiro atoms. The molecule has 0 fully saturated rings. The standard InChI is InChI=1S/C22H21ClF2N2O2/c1-29-19-7-3-6-17(22(19)25)16-5-2-4-14(20(16)23)12-18-21(24)15(8-9-27-18)13-26-10-11-28/h2-9,26,28H,10-13H2,1H3. The lowest BCUT2D eigenvalue weighted by Gasteiger charge is -2.13. The van der Waals surface area contributed by atoms with Gasteiger partial charge in [0.05, 0.1) is 24.4 Å². The molecule has 0 unspecified atom stereocenters. The number of rotatable bonds is 8. The van der Waals surface area contributed by atoms with Crippen LogP contribution in [0.2, 0.25) is 5.02 Å². The van der Waals surface area contributed by atoms with Crippen molar-refractivity contribution in [3.63, 3.8) is 0 Å². The van der Waals surface area contributed by atoms with Crippen LogP contribution >= 0.6 is 11.6 Å². The van der Waals surface area contributed by atoms with E-state index >= 15 is 0 Å². The Morgan fingerprint density at radius 1 is 1.03 bits per heavy atom. The highest BCUT2D eigenvalue weighted by molar-refractivity contribution is 6.34. The Morgan fingerprint density at radius 3 is 2.55 bits per heavy atom. The highest BCUT2D eigenvalue weighted by Crippen LogP contribution is 2.36. The van der Waals surface area contributed by atoms with Gasteiger partial charge in [-0.25, -0.2) is 8.78 Å². The number of aliphatic hydroxyl groups is 1. The summed E-state index contributed by atoms with van der Waals surface area (Å²) in [6.07, 6.45) is 1.70. The van der Waals surface area contributed by atoms with Crippen LogP contribution in [0.5, 0.6) is 5.75 Å². The van der Waals surface area contributed by atoms with Crippen LogP contribution in [0.3, 0.4) is 0 Å². The fourth-order valence-electron chi connectivity index (χ4n) is 3.08. The van der Waals surface area contributed by atoms with E-state index in [1.54, 1.807) is 36.4 Å². The van der Waals surface area contributed by atoms with Gasteiger partial charge < -0.3 is 15.2 Å². The van der Waals surface area contributed by atoms with E-state index in [0.29, 0.717) is 33.8 Å². The number of nitrogens with zero attached hydrogens (tertiary/aromatic N) is 1. The summed E-state index contributed by atoms with van der Waals surface area (Å²) in [6.45, 7) is 0.630. The number of halogens is 3. The number of pyridine rings is 1. The average Bonchev–Trinajstić information content (AvgIpc) is 2.73. The molecule has 0 radical (unpaired) electrons. The van der Waals surface area contributed by atoms with Gasteiger partial charge in [-0.2, -0.15) is 0 Å². The van der Waals surface area contributed by atoms with E-state index in [9.17, 15) is 8.78 Å². The van der Waals surface area contributed by atoms with E-state index in [0.717, 1.165) is 0 Å². The third kappa shape index (κ3) is 4.72. The van der Waals surface area contributed by atoms with Crippen molar-refractivity contribution in [2.45, 2.75) is 13.0 Å². The molecule has 3 rings (SSSR count). The van der Waals surface area contributed by atoms with Crippen molar-refractivity contribution in [1.82, 2.24) is 10.3 Å². The van der Waals surface area contributed by atoms with E-state index in [1.807, 2.05) is 0 Å². The Morgan fingerprint density at radius 2 is 1.79 bits per heavy atom. The molecule has 0 bridgehead atoms. The molecule has 7 heteroatoms. The number of ether oxygens (including phenoxy) is 1. The van der Waals surface area contributed by atoms with Crippen LogP contribution in [0.15, 0.2) is 48.7 Å². The zero-order valence-corrected chi connectivity index (χ0v) is 16.6. The number of benzene rings is 2. The summed E-state index contributed by atoms with van der Waals surface area (Å²) in [7, 11) is 1.40. The van der Waals surface area contributed by atoms with E-state index in [-0.39, 0.29) is 31.0 Å². The quantitative estimate of drug-likeness (QED) is 0.534. The van der Waals surface area contributed by atoms with Gasteiger partial charge >= 0.3 is 0 Å². The van der Waals surface area contributed by atoms with Crippen LogP contribution in [0.1, 0.15) is 16.8 Å². The minimum atomic E-state index is -0.504. The number of methoxy groups -OCH3 is 1. The molecule has 0 amide bonds. The van der Waals surface area contributed by atoms with Gasteiger partial charge in [0.15, 0.2) is 11.6 Å². The van der Waals surface area contributed by atoms with Crippen LogP contribution in [-0.2, 0) is 13.0 Å². The van der Waals surface area contributed by atoms with Gasteiger partial charge in [0.1, 0.15) is 5.82 Å². The van der Waals surface area contributed by atoms with Crippen molar-refractivity contribution < 1.29 is 18.6 Å². The maximum atomic E-state index is 14.8. The normalized spacial score (nSPS) is 10.9. The summed E-state index contributed by atoms with van der Waals surface area (Å²) >= 11 is 6.56. The first-order valence-corrected chi connectivity index (χ1v) is 9.48. The van der Waals surface area contributed by atoms with Crippen LogP contribution in [-0.4, -0.2) is 30.4 Å². The largest absolute Gasteiger partial charge is 0.494 e. The predicted molar refractivity (Wildman–Crippen MR) is 109 cm³/mol. The van der Waals surface area contributed by atoms with Crippen LogP contribution in [0.4, 0.5) is 8.78 Å². The maximum absolute atomic E-state index is 14.8. The number of aliphatic hydroxyl groups excluding tert-OH is 1. The molecule has 0 aliphatic carbocycles. The Labute approximate surface area is 173 Å². The predicted octanol–water partition coefficient (Wildman–Crippen LogP) is 4.36. The Hall–Kier alpha value is -2.54. The van der Waals surface area contributed by atoms with Crippen molar-refractivity contribution in [3.8, 4) is 16.9 Å². The summed E-state index contributed by atoms with van der Waals surface area (Å²) in [5, 5.41) is 12.1. The molecule has 0 aliphatic rings. The second kappa shape index (κ2) is 9.78. The minimum Gasteiger partial charge on any atom is -0.494 e. The molecular weight excluding hydrogens is 398 g/mol. The highest BCUT2D eigenvalue weighted by atomic mass is 35.5. The molecule has 4 nitrogen and oxygen atoms in total. The molecule has 2 N–H and O–H groups in total. The van der Waals surface area contributed by atoms with Crippen LogP contribution in [0, 0.1) is 11.6 Å². The van der Waals surface area contributed by atoms with Gasteiger partial charge in [-0.15, -0.1) is 0 Å². The number of nitrogens with one attached hydrogen (secondary N) is 1. The molecule has 0 aliphatic heterocycles. The smallest absolute Gasteiger partial charge is 0.172 e. The van der Waals surface area contributed by atoms with Gasteiger partial charge in [0.2, 0.25) is 0 Å². The Kier molecular flexibility index (Phi) is 7.14. The summed E-state index contributed by atoms with van der Waals surface area (Å²) in [5.41, 5.74) is 2.15. The topological polar surface area (TPSA) is 54.4 Å². The molecule has 1 aromatic heterocycles. The molecule has 0 atom stereocenters. The first-order chi connectivity index (χ1) is 14.1. The number of hydrogen-bond donors (Lipinski definition) is 2. The highest BCUT2D eigenvalue weighted by Gasteiger charge is 2.17. The van der Waals surface area contributed by atoms with Gasteiger partial charge in [0, 0.05) is 42.4 Å². The van der Waals surface area contributed by atoms with Crippen LogP contribution < -0.4 is 10.1 Å². The molecule has 3 aromatic rings. The lowest BCUT2D eigenvalue weighted by Crippen LogP contribution is -2.18. The Balaban J connectivity index is 1.93. The Bertz CT molecular complexity index is 999. The van der Waals surface area contributed by atoms with Crippen molar-refractivity contribution in [3.05, 3.63) is 82.1 Å². The van der Waals surface area contributed by atoms with Crippen molar-refractivity contribution in [1.29, 1.82) is 0 Å². The summed E-state index contributed by atoms with van der Waals surface area (Å²) in [5.74, 6) is -0.804. The van der Waals surface area contributed by atoms with E-state index < -0.39 is 11.6 Å². The van der Waals surface area contributed by atoms with E-state index in [4.69, 9.17) is 21.4 Å². The molecule has 0 saturated heterocycles. The molecule has 1 heterocycles. The number of aromatic nitrogens is 1. The summed E-state index contributed by atoms with van der Waals surface area (Å²) in [4.78, 5) is 4.15. The fraction of sp³-hybridized carbons (Fsp3) is 0.227. The molecular formula is C22H21ClF2N2O2. The minimum absolute atomic E-state index is 0.0250. The third-order valence-corrected chi connectivity index (χ3v) is 5.00. The average molecular weight is 419 g/mol. The zero-order chi connectivity index (χ0) is 20.8. The molecule has 0 saturated carbocycles. The fourth-order valence-corrected chi connectivity index (χ4v) is 3.37. The van der Waals surface area contributed by atoms with Gasteiger partial charge in [-0.05, 0) is 17.7 Å². The first-order valence-electron chi connectivity index (χ1n) is 9.11. The lowest BCUT2D eigenvalue weighted by atomic mass is 9.99. The van der Waals surface area contributed by atoms with Gasteiger partial charge in [0.25, 0.3) is 0 Å². The number of hydrogen-bond acceptors (Lipinski definition) is 4. The molecule has 152 valence electrons. The zero-order valence-electron chi connectivity index (χ0n) is 15.9. The van der Waals surface area contributed by atoms with Gasteiger partial charge in [-0.1, -0.05) is 41.9 Å². The summed E-state index contributed by atoms with van der Waals surface area (Å²) < 4.78 is 34.5. The second-order valence-corrected chi connectivity index (χ2v) is 6.79.